The molecule has 0 fully saturated rings. The number of hydrogen-bond acceptors (Lipinski definition) is 1. The predicted molar refractivity (Wildman–Crippen MR) is 103 cm³/mol. The maximum Gasteiger partial charge on any atom is 0.172 e. The monoisotopic (exact) mass is 330 g/mol. The molecule has 0 amide bonds. The van der Waals surface area contributed by atoms with Crippen molar-refractivity contribution in [1.82, 2.24) is 0 Å². The zero-order valence-corrected chi connectivity index (χ0v) is 15.5. The topological polar surface area (TPSA) is 17.1 Å². The highest BCUT2D eigenvalue weighted by molar-refractivity contribution is 6.84. The van der Waals surface area contributed by atoms with E-state index in [1.54, 1.807) is 0 Å². The highest BCUT2D eigenvalue weighted by Crippen LogP contribution is 2.43. The number of carbonyl (C=O) groups is 1. The number of Topliss-reactive ketones (excluding diaryl/α,β-unsaturated/α-hetero) is 1. The van der Waals surface area contributed by atoms with E-state index in [1.165, 1.54) is 5.56 Å². The maximum atomic E-state index is 12.7. The minimum absolute atomic E-state index is 0.104. The van der Waals surface area contributed by atoms with Gasteiger partial charge in [-0.25, -0.2) is 0 Å². The van der Waals surface area contributed by atoms with Gasteiger partial charge in [0.05, 0.1) is 5.57 Å². The van der Waals surface area contributed by atoms with Gasteiger partial charge in [-0.05, 0) is 16.7 Å². The standard InChI is InChI=1S/C22H22OSi/c1-24(2,3)15-14-19-21(23)16-20(17-10-6-4-7-11-17)22(19)18-12-8-5-9-13-18/h4-13,20H,16H2,1-3H3. The van der Waals surface area contributed by atoms with Crippen LogP contribution in [-0.2, 0) is 4.79 Å². The van der Waals surface area contributed by atoms with Crippen LogP contribution in [0.2, 0.25) is 19.6 Å². The Morgan fingerprint density at radius 2 is 1.50 bits per heavy atom. The number of ketones is 1. The number of benzene rings is 2. The van der Waals surface area contributed by atoms with Crippen LogP contribution in [0.5, 0.6) is 0 Å². The van der Waals surface area contributed by atoms with Gasteiger partial charge in [-0.2, -0.15) is 0 Å². The summed E-state index contributed by atoms with van der Waals surface area (Å²) in [6.07, 6.45) is 0.518. The van der Waals surface area contributed by atoms with Crippen LogP contribution >= 0.6 is 0 Å². The molecule has 2 aromatic carbocycles. The lowest BCUT2D eigenvalue weighted by atomic mass is 9.88. The van der Waals surface area contributed by atoms with E-state index in [1.807, 2.05) is 36.4 Å². The molecule has 0 spiro atoms. The molecule has 120 valence electrons. The Bertz CT molecular complexity index is 830. The summed E-state index contributed by atoms with van der Waals surface area (Å²) in [7, 11) is -1.53. The fourth-order valence-corrected chi connectivity index (χ4v) is 3.53. The molecule has 3 rings (SSSR count). The van der Waals surface area contributed by atoms with Gasteiger partial charge >= 0.3 is 0 Å². The third-order valence-corrected chi connectivity index (χ3v) is 5.01. The Morgan fingerprint density at radius 1 is 0.917 bits per heavy atom. The van der Waals surface area contributed by atoms with Crippen molar-refractivity contribution in [3.63, 3.8) is 0 Å². The molecule has 0 aliphatic heterocycles. The molecule has 0 saturated carbocycles. The van der Waals surface area contributed by atoms with Crippen molar-refractivity contribution in [3.05, 3.63) is 77.4 Å². The first kappa shape index (κ1) is 16.5. The largest absolute Gasteiger partial charge is 0.293 e. The highest BCUT2D eigenvalue weighted by Gasteiger charge is 2.33. The van der Waals surface area contributed by atoms with Crippen LogP contribution < -0.4 is 0 Å². The molecule has 0 radical (unpaired) electrons. The summed E-state index contributed by atoms with van der Waals surface area (Å²) in [5.41, 5.74) is 7.49. The highest BCUT2D eigenvalue weighted by atomic mass is 28.3. The van der Waals surface area contributed by atoms with Gasteiger partial charge in [0.15, 0.2) is 5.78 Å². The zero-order chi connectivity index (χ0) is 17.2. The zero-order valence-electron chi connectivity index (χ0n) is 14.5. The Morgan fingerprint density at radius 3 is 2.08 bits per heavy atom. The average Bonchev–Trinajstić information content (AvgIpc) is 2.90. The van der Waals surface area contributed by atoms with Gasteiger partial charge in [0.1, 0.15) is 8.07 Å². The molecule has 1 aliphatic rings. The quantitative estimate of drug-likeness (QED) is 0.554. The smallest absolute Gasteiger partial charge is 0.172 e. The lowest BCUT2D eigenvalue weighted by molar-refractivity contribution is -0.114. The fourth-order valence-electron chi connectivity index (χ4n) is 3.03. The Balaban J connectivity index is 2.17. The third kappa shape index (κ3) is 3.58. The summed E-state index contributed by atoms with van der Waals surface area (Å²) in [5.74, 6) is 3.54. The van der Waals surface area contributed by atoms with Crippen LogP contribution in [0.15, 0.2) is 66.2 Å². The van der Waals surface area contributed by atoms with Gasteiger partial charge in [-0.1, -0.05) is 86.2 Å². The van der Waals surface area contributed by atoms with Gasteiger partial charge in [0.25, 0.3) is 0 Å². The maximum absolute atomic E-state index is 12.7. The minimum Gasteiger partial charge on any atom is -0.293 e. The normalized spacial score (nSPS) is 17.6. The van der Waals surface area contributed by atoms with E-state index in [0.29, 0.717) is 6.42 Å². The molecule has 0 heterocycles. The van der Waals surface area contributed by atoms with Crippen LogP contribution in [0, 0.1) is 11.5 Å². The molecule has 0 aromatic heterocycles. The molecule has 24 heavy (non-hydrogen) atoms. The minimum atomic E-state index is -1.53. The lowest BCUT2D eigenvalue weighted by Gasteiger charge is -2.15. The Hall–Kier alpha value is -2.37. The first-order valence-corrected chi connectivity index (χ1v) is 11.9. The van der Waals surface area contributed by atoms with Crippen LogP contribution in [0.3, 0.4) is 0 Å². The first-order chi connectivity index (χ1) is 11.5. The molecular formula is C22H22OSi. The average molecular weight is 331 g/mol. The van der Waals surface area contributed by atoms with Crippen molar-refractivity contribution in [2.45, 2.75) is 32.0 Å². The van der Waals surface area contributed by atoms with E-state index in [9.17, 15) is 4.79 Å². The van der Waals surface area contributed by atoms with E-state index in [-0.39, 0.29) is 11.7 Å². The van der Waals surface area contributed by atoms with Crippen molar-refractivity contribution in [2.24, 2.45) is 0 Å². The van der Waals surface area contributed by atoms with Crippen LogP contribution in [-0.4, -0.2) is 13.9 Å². The van der Waals surface area contributed by atoms with Crippen molar-refractivity contribution in [3.8, 4) is 11.5 Å². The molecule has 1 atom stereocenters. The fraction of sp³-hybridized carbons (Fsp3) is 0.227. The van der Waals surface area contributed by atoms with E-state index >= 15 is 0 Å². The number of carbonyl (C=O) groups excluding carboxylic acids is 1. The van der Waals surface area contributed by atoms with Gasteiger partial charge in [0, 0.05) is 12.3 Å². The summed E-state index contributed by atoms with van der Waals surface area (Å²) in [6.45, 7) is 6.62. The molecule has 2 heteroatoms. The molecule has 1 aliphatic carbocycles. The first-order valence-electron chi connectivity index (χ1n) is 8.36. The molecule has 0 bridgehead atoms. The Kier molecular flexibility index (Phi) is 4.55. The number of rotatable bonds is 2. The summed E-state index contributed by atoms with van der Waals surface area (Å²) < 4.78 is 0. The van der Waals surface area contributed by atoms with E-state index in [4.69, 9.17) is 0 Å². The number of allylic oxidation sites excluding steroid dienone is 2. The molecule has 0 N–H and O–H groups in total. The lowest BCUT2D eigenvalue weighted by Crippen LogP contribution is -2.16. The second-order valence-electron chi connectivity index (χ2n) is 7.25. The van der Waals surface area contributed by atoms with Gasteiger partial charge in [-0.15, -0.1) is 5.54 Å². The van der Waals surface area contributed by atoms with Crippen molar-refractivity contribution in [1.29, 1.82) is 0 Å². The second-order valence-corrected chi connectivity index (χ2v) is 12.0. The summed E-state index contributed by atoms with van der Waals surface area (Å²) in [6, 6.07) is 20.5. The van der Waals surface area contributed by atoms with Crippen LogP contribution in [0.25, 0.3) is 5.57 Å². The van der Waals surface area contributed by atoms with E-state index in [2.05, 4.69) is 55.4 Å². The third-order valence-electron chi connectivity index (χ3n) is 4.14. The summed E-state index contributed by atoms with van der Waals surface area (Å²) in [4.78, 5) is 12.7. The van der Waals surface area contributed by atoms with Crippen molar-refractivity contribution < 1.29 is 4.79 Å². The Labute approximate surface area is 145 Å². The van der Waals surface area contributed by atoms with Gasteiger partial charge < -0.3 is 0 Å². The second kappa shape index (κ2) is 6.63. The SMILES string of the molecule is C[Si](C)(C)C#CC1=C(c2ccccc2)C(c2ccccc2)CC1=O. The predicted octanol–water partition coefficient (Wildman–Crippen LogP) is 5.08. The van der Waals surface area contributed by atoms with Crippen LogP contribution in [0.4, 0.5) is 0 Å². The number of hydrogen-bond donors (Lipinski definition) is 0. The molecular weight excluding hydrogens is 308 g/mol. The summed E-state index contributed by atoms with van der Waals surface area (Å²) in [5, 5.41) is 0. The summed E-state index contributed by atoms with van der Waals surface area (Å²) >= 11 is 0. The molecule has 0 saturated heterocycles. The van der Waals surface area contributed by atoms with Gasteiger partial charge in [-0.3, -0.25) is 4.79 Å². The van der Waals surface area contributed by atoms with Crippen molar-refractivity contribution >= 4 is 19.4 Å². The molecule has 1 nitrogen and oxygen atoms in total. The molecule has 2 aromatic rings. The molecule has 1 unspecified atom stereocenters. The van der Waals surface area contributed by atoms with Crippen molar-refractivity contribution in [2.75, 3.05) is 0 Å². The van der Waals surface area contributed by atoms with Gasteiger partial charge in [0.2, 0.25) is 0 Å². The van der Waals surface area contributed by atoms with Crippen LogP contribution in [0.1, 0.15) is 23.5 Å². The van der Waals surface area contributed by atoms with E-state index in [0.717, 1.165) is 16.7 Å². The van der Waals surface area contributed by atoms with E-state index < -0.39 is 8.07 Å².